The SMILES string of the molecule is CC1(Oc2cc(C(=O)[O-])ccc2C(F)(F)F)CC2CC1C1CCCC21. The van der Waals surface area contributed by atoms with Crippen molar-refractivity contribution in [3.63, 3.8) is 0 Å². The summed E-state index contributed by atoms with van der Waals surface area (Å²) in [6.45, 7) is 1.89. The first-order valence-electron chi connectivity index (χ1n) is 8.80. The van der Waals surface area contributed by atoms with Crippen LogP contribution in [-0.4, -0.2) is 11.6 Å². The molecule has 5 atom stereocenters. The first kappa shape index (κ1) is 16.7. The molecule has 136 valence electrons. The number of halogens is 3. The highest BCUT2D eigenvalue weighted by Gasteiger charge is 2.60. The predicted molar refractivity (Wildman–Crippen MR) is 81.9 cm³/mol. The summed E-state index contributed by atoms with van der Waals surface area (Å²) in [5.41, 5.74) is -1.89. The van der Waals surface area contributed by atoms with Crippen LogP contribution < -0.4 is 9.84 Å². The Hall–Kier alpha value is -1.72. The smallest absolute Gasteiger partial charge is 0.419 e. The van der Waals surface area contributed by atoms with E-state index in [1.54, 1.807) is 0 Å². The summed E-state index contributed by atoms with van der Waals surface area (Å²) in [4.78, 5) is 11.1. The van der Waals surface area contributed by atoms with Crippen LogP contribution in [0.2, 0.25) is 0 Å². The van der Waals surface area contributed by atoms with Crippen LogP contribution in [0, 0.1) is 23.7 Å². The van der Waals surface area contributed by atoms with E-state index in [1.807, 2.05) is 6.92 Å². The Labute approximate surface area is 144 Å². The van der Waals surface area contributed by atoms with Crippen molar-refractivity contribution in [2.24, 2.45) is 23.7 Å². The van der Waals surface area contributed by atoms with E-state index in [1.165, 1.54) is 12.8 Å². The minimum Gasteiger partial charge on any atom is -0.545 e. The van der Waals surface area contributed by atoms with Crippen molar-refractivity contribution in [3.8, 4) is 5.75 Å². The Morgan fingerprint density at radius 2 is 2.00 bits per heavy atom. The number of aromatic carboxylic acids is 1. The molecule has 0 saturated heterocycles. The number of fused-ring (bicyclic) bond motifs is 5. The maximum atomic E-state index is 13.3. The lowest BCUT2D eigenvalue weighted by atomic mass is 9.73. The van der Waals surface area contributed by atoms with Crippen molar-refractivity contribution in [3.05, 3.63) is 29.3 Å². The highest BCUT2D eigenvalue weighted by molar-refractivity contribution is 5.86. The highest BCUT2D eigenvalue weighted by atomic mass is 19.4. The fraction of sp³-hybridized carbons (Fsp3) is 0.632. The van der Waals surface area contributed by atoms with Crippen molar-refractivity contribution in [1.82, 2.24) is 0 Å². The molecule has 6 heteroatoms. The van der Waals surface area contributed by atoms with Crippen LogP contribution in [0.25, 0.3) is 0 Å². The van der Waals surface area contributed by atoms with Gasteiger partial charge in [-0.2, -0.15) is 13.2 Å². The van der Waals surface area contributed by atoms with Gasteiger partial charge in [0.25, 0.3) is 0 Å². The Morgan fingerprint density at radius 1 is 1.28 bits per heavy atom. The average Bonchev–Trinajstić information content (AvgIpc) is 3.17. The van der Waals surface area contributed by atoms with Gasteiger partial charge >= 0.3 is 6.18 Å². The fourth-order valence-electron chi connectivity index (χ4n) is 5.72. The number of carboxylic acids is 1. The minimum atomic E-state index is -4.59. The monoisotopic (exact) mass is 353 g/mol. The zero-order valence-electron chi connectivity index (χ0n) is 13.9. The van der Waals surface area contributed by atoms with Crippen LogP contribution in [0.5, 0.6) is 5.75 Å². The zero-order valence-corrected chi connectivity index (χ0v) is 13.9. The molecular weight excluding hydrogens is 333 g/mol. The van der Waals surface area contributed by atoms with Gasteiger partial charge in [-0.15, -0.1) is 0 Å². The van der Waals surface area contributed by atoms with Gasteiger partial charge in [0.15, 0.2) is 0 Å². The van der Waals surface area contributed by atoms with E-state index in [2.05, 4.69) is 0 Å². The molecule has 2 bridgehead atoms. The summed E-state index contributed by atoms with van der Waals surface area (Å²) in [5, 5.41) is 11.1. The standard InChI is InChI=1S/C19H21F3O3/c1-18(9-11-7-15(18)13-4-2-3-12(11)13)25-16-8-10(17(23)24)5-6-14(16)19(20,21)22/h5-6,8,11-13,15H,2-4,7,9H2,1H3,(H,23,24)/p-1. The van der Waals surface area contributed by atoms with E-state index < -0.39 is 29.1 Å². The number of carbonyl (C=O) groups excluding carboxylic acids is 1. The Kier molecular flexibility index (Phi) is 3.61. The minimum absolute atomic E-state index is 0.248. The summed E-state index contributed by atoms with van der Waals surface area (Å²) in [6.07, 6.45) is 0.682. The van der Waals surface area contributed by atoms with Crippen LogP contribution in [0.15, 0.2) is 18.2 Å². The van der Waals surface area contributed by atoms with Crippen LogP contribution in [0.4, 0.5) is 13.2 Å². The van der Waals surface area contributed by atoms with Crippen molar-refractivity contribution >= 4 is 5.97 Å². The molecule has 0 N–H and O–H groups in total. The third-order valence-electron chi connectivity index (χ3n) is 6.62. The summed E-state index contributed by atoms with van der Waals surface area (Å²) in [7, 11) is 0. The Morgan fingerprint density at radius 3 is 2.68 bits per heavy atom. The largest absolute Gasteiger partial charge is 0.545 e. The molecule has 1 aromatic carbocycles. The molecule has 3 fully saturated rings. The predicted octanol–water partition coefficient (Wildman–Crippen LogP) is 3.66. The molecule has 0 amide bonds. The van der Waals surface area contributed by atoms with E-state index in [0.29, 0.717) is 17.8 Å². The summed E-state index contributed by atoms with van der Waals surface area (Å²) in [5.74, 6) is 0.0888. The fourth-order valence-corrected chi connectivity index (χ4v) is 5.72. The highest BCUT2D eigenvalue weighted by Crippen LogP contribution is 2.63. The molecule has 0 radical (unpaired) electrons. The second-order valence-corrected chi connectivity index (χ2v) is 7.98. The normalized spacial score (nSPS) is 36.5. The van der Waals surface area contributed by atoms with Crippen molar-refractivity contribution in [2.45, 2.75) is 50.8 Å². The van der Waals surface area contributed by atoms with E-state index in [9.17, 15) is 23.1 Å². The number of carbonyl (C=O) groups is 1. The number of ether oxygens (including phenoxy) is 1. The lowest BCUT2D eigenvalue weighted by Crippen LogP contribution is -2.44. The maximum absolute atomic E-state index is 13.3. The molecule has 3 saturated carbocycles. The van der Waals surface area contributed by atoms with Gasteiger partial charge in [0.2, 0.25) is 0 Å². The summed E-state index contributed by atoms with van der Waals surface area (Å²) >= 11 is 0. The topological polar surface area (TPSA) is 49.4 Å². The van der Waals surface area contributed by atoms with E-state index in [0.717, 1.165) is 37.5 Å². The molecule has 0 spiro atoms. The third-order valence-corrected chi connectivity index (χ3v) is 6.62. The van der Waals surface area contributed by atoms with Gasteiger partial charge in [0.05, 0.1) is 11.5 Å². The van der Waals surface area contributed by atoms with Gasteiger partial charge in [-0.25, -0.2) is 0 Å². The first-order chi connectivity index (χ1) is 11.7. The molecule has 3 nitrogen and oxygen atoms in total. The molecule has 4 rings (SSSR count). The lowest BCUT2D eigenvalue weighted by Gasteiger charge is -2.41. The van der Waals surface area contributed by atoms with Gasteiger partial charge in [0, 0.05) is 11.5 Å². The quantitative estimate of drug-likeness (QED) is 0.833. The van der Waals surface area contributed by atoms with Crippen molar-refractivity contribution in [2.75, 3.05) is 0 Å². The second-order valence-electron chi connectivity index (χ2n) is 7.98. The van der Waals surface area contributed by atoms with Crippen molar-refractivity contribution < 1.29 is 27.8 Å². The van der Waals surface area contributed by atoms with Crippen LogP contribution >= 0.6 is 0 Å². The molecule has 0 aromatic heterocycles. The van der Waals surface area contributed by atoms with Gasteiger partial charge in [-0.05, 0) is 62.5 Å². The molecule has 25 heavy (non-hydrogen) atoms. The van der Waals surface area contributed by atoms with E-state index in [4.69, 9.17) is 4.74 Å². The second kappa shape index (κ2) is 5.39. The number of benzene rings is 1. The number of rotatable bonds is 3. The van der Waals surface area contributed by atoms with Crippen molar-refractivity contribution in [1.29, 1.82) is 0 Å². The lowest BCUT2D eigenvalue weighted by molar-refractivity contribution is -0.255. The van der Waals surface area contributed by atoms with Crippen LogP contribution in [-0.2, 0) is 6.18 Å². The van der Waals surface area contributed by atoms with Gasteiger partial charge in [-0.3, -0.25) is 0 Å². The summed E-state index contributed by atoms with van der Waals surface area (Å²) in [6, 6.07) is 2.65. The average molecular weight is 353 g/mol. The van der Waals surface area contributed by atoms with Crippen LogP contribution in [0.3, 0.4) is 0 Å². The number of alkyl halides is 3. The Balaban J connectivity index is 1.68. The van der Waals surface area contributed by atoms with E-state index >= 15 is 0 Å². The molecule has 1 aromatic rings. The molecule has 5 unspecified atom stereocenters. The van der Waals surface area contributed by atoms with Crippen LogP contribution in [0.1, 0.15) is 54.9 Å². The van der Waals surface area contributed by atoms with E-state index in [-0.39, 0.29) is 11.5 Å². The van der Waals surface area contributed by atoms with Gasteiger partial charge in [0.1, 0.15) is 11.4 Å². The van der Waals surface area contributed by atoms with Gasteiger partial charge < -0.3 is 14.6 Å². The molecule has 3 aliphatic carbocycles. The molecule has 0 heterocycles. The third kappa shape index (κ3) is 2.61. The zero-order chi connectivity index (χ0) is 18.0. The molecule has 0 aliphatic heterocycles. The first-order valence-corrected chi connectivity index (χ1v) is 8.80. The Bertz CT molecular complexity index is 714. The number of hydrogen-bond donors (Lipinski definition) is 0. The number of carboxylic acid groups (broad SMARTS) is 1. The number of hydrogen-bond acceptors (Lipinski definition) is 3. The molecular formula is C19H20F3O3-. The van der Waals surface area contributed by atoms with Gasteiger partial charge in [-0.1, -0.05) is 12.5 Å². The maximum Gasteiger partial charge on any atom is 0.419 e. The molecule has 3 aliphatic rings. The summed E-state index contributed by atoms with van der Waals surface area (Å²) < 4.78 is 46.0.